The maximum absolute atomic E-state index is 11.3. The number of hydrogen-bond donors (Lipinski definition) is 2. The highest BCUT2D eigenvalue weighted by Crippen LogP contribution is 2.24. The predicted octanol–water partition coefficient (Wildman–Crippen LogP) is 1.50. The zero-order valence-electron chi connectivity index (χ0n) is 12.0. The Labute approximate surface area is 127 Å². The monoisotopic (exact) mass is 303 g/mol. The number of nitrogen functional groups attached to an aromatic ring is 1. The van der Waals surface area contributed by atoms with Crippen LogP contribution >= 0.6 is 0 Å². The van der Waals surface area contributed by atoms with E-state index in [2.05, 4.69) is 5.16 Å². The van der Waals surface area contributed by atoms with E-state index in [-0.39, 0.29) is 11.8 Å². The standard InChI is InChI=1S/C15H17N3O4/c16-17-15(19)13-8-14(22-18-13)10-3-5-11(6-4-10)21-9-12-2-1-7-20-12/h3-6,8,12H,1-2,7,9,16H2,(H,17,19). The van der Waals surface area contributed by atoms with Gasteiger partial charge in [0.2, 0.25) is 0 Å². The SMILES string of the molecule is NNC(=O)c1cc(-c2ccc(OCC3CCCO3)cc2)on1. The second kappa shape index (κ2) is 6.59. The van der Waals surface area contributed by atoms with Crippen LogP contribution in [0.5, 0.6) is 5.75 Å². The molecule has 1 fully saturated rings. The maximum Gasteiger partial charge on any atom is 0.287 e. The van der Waals surface area contributed by atoms with Crippen molar-refractivity contribution in [2.75, 3.05) is 13.2 Å². The van der Waals surface area contributed by atoms with Gasteiger partial charge in [0.1, 0.15) is 12.4 Å². The Morgan fingerprint density at radius 1 is 1.41 bits per heavy atom. The predicted molar refractivity (Wildman–Crippen MR) is 78.1 cm³/mol. The van der Waals surface area contributed by atoms with Crippen LogP contribution in [0.15, 0.2) is 34.9 Å². The number of nitrogens with two attached hydrogens (primary N) is 1. The molecule has 2 heterocycles. The van der Waals surface area contributed by atoms with E-state index in [1.165, 1.54) is 6.07 Å². The highest BCUT2D eigenvalue weighted by atomic mass is 16.5. The fraction of sp³-hybridized carbons (Fsp3) is 0.333. The third kappa shape index (κ3) is 3.26. The molecule has 1 aromatic carbocycles. The zero-order chi connectivity index (χ0) is 15.4. The summed E-state index contributed by atoms with van der Waals surface area (Å²) in [4.78, 5) is 11.3. The van der Waals surface area contributed by atoms with Crippen molar-refractivity contribution in [1.82, 2.24) is 10.6 Å². The van der Waals surface area contributed by atoms with Gasteiger partial charge in [-0.3, -0.25) is 10.2 Å². The summed E-state index contributed by atoms with van der Waals surface area (Å²) in [7, 11) is 0. The smallest absolute Gasteiger partial charge is 0.287 e. The highest BCUT2D eigenvalue weighted by molar-refractivity contribution is 5.92. The van der Waals surface area contributed by atoms with Gasteiger partial charge in [-0.25, -0.2) is 5.84 Å². The van der Waals surface area contributed by atoms with Crippen molar-refractivity contribution in [3.63, 3.8) is 0 Å². The number of amides is 1. The highest BCUT2D eigenvalue weighted by Gasteiger charge is 2.16. The molecule has 1 aliphatic rings. The van der Waals surface area contributed by atoms with Crippen molar-refractivity contribution in [3.8, 4) is 17.1 Å². The van der Waals surface area contributed by atoms with Gasteiger partial charge >= 0.3 is 0 Å². The second-order valence-electron chi connectivity index (χ2n) is 5.02. The molecule has 0 spiro atoms. The molecule has 116 valence electrons. The fourth-order valence-corrected chi connectivity index (χ4v) is 2.27. The normalized spacial score (nSPS) is 17.4. The Morgan fingerprint density at radius 2 is 2.23 bits per heavy atom. The largest absolute Gasteiger partial charge is 0.491 e. The van der Waals surface area contributed by atoms with E-state index < -0.39 is 5.91 Å². The van der Waals surface area contributed by atoms with Crippen molar-refractivity contribution < 1.29 is 18.8 Å². The number of nitrogens with one attached hydrogen (secondary N) is 1. The average molecular weight is 303 g/mol. The lowest BCUT2D eigenvalue weighted by molar-refractivity contribution is 0.0679. The van der Waals surface area contributed by atoms with E-state index in [0.29, 0.717) is 12.4 Å². The third-order valence-electron chi connectivity index (χ3n) is 3.47. The number of carbonyl (C=O) groups is 1. The molecule has 1 amide bonds. The lowest BCUT2D eigenvalue weighted by Crippen LogP contribution is -2.30. The Balaban J connectivity index is 1.63. The minimum atomic E-state index is -0.494. The number of nitrogens with zero attached hydrogens (tertiary/aromatic N) is 1. The molecular weight excluding hydrogens is 286 g/mol. The summed E-state index contributed by atoms with van der Waals surface area (Å²) in [5.41, 5.74) is 2.94. The van der Waals surface area contributed by atoms with Crippen LogP contribution in [0.3, 0.4) is 0 Å². The van der Waals surface area contributed by atoms with E-state index in [9.17, 15) is 4.79 Å². The molecule has 0 radical (unpaired) electrons. The van der Waals surface area contributed by atoms with Crippen LogP contribution in [-0.2, 0) is 4.74 Å². The lowest BCUT2D eigenvalue weighted by atomic mass is 10.1. The molecule has 1 saturated heterocycles. The first-order chi connectivity index (χ1) is 10.8. The van der Waals surface area contributed by atoms with Crippen LogP contribution in [0.4, 0.5) is 0 Å². The summed E-state index contributed by atoms with van der Waals surface area (Å²) in [5, 5.41) is 3.66. The first kappa shape index (κ1) is 14.6. The summed E-state index contributed by atoms with van der Waals surface area (Å²) in [6.45, 7) is 1.37. The van der Waals surface area contributed by atoms with E-state index in [0.717, 1.165) is 30.8 Å². The van der Waals surface area contributed by atoms with Crippen LogP contribution < -0.4 is 16.0 Å². The van der Waals surface area contributed by atoms with Gasteiger partial charge in [0.15, 0.2) is 11.5 Å². The number of hydrazine groups is 1. The average Bonchev–Trinajstić information content (AvgIpc) is 3.24. The molecule has 1 aromatic heterocycles. The van der Waals surface area contributed by atoms with Gasteiger partial charge < -0.3 is 14.0 Å². The van der Waals surface area contributed by atoms with Gasteiger partial charge in [0.05, 0.1) is 6.10 Å². The van der Waals surface area contributed by atoms with Gasteiger partial charge in [-0.05, 0) is 37.1 Å². The molecule has 7 nitrogen and oxygen atoms in total. The van der Waals surface area contributed by atoms with Gasteiger partial charge in [0.25, 0.3) is 5.91 Å². The van der Waals surface area contributed by atoms with Crippen molar-refractivity contribution in [2.45, 2.75) is 18.9 Å². The minimum absolute atomic E-state index is 0.135. The Hall–Kier alpha value is -2.38. The van der Waals surface area contributed by atoms with Gasteiger partial charge in [-0.1, -0.05) is 5.16 Å². The number of ether oxygens (including phenoxy) is 2. The number of hydrogen-bond acceptors (Lipinski definition) is 6. The Kier molecular flexibility index (Phi) is 4.36. The molecule has 1 unspecified atom stereocenters. The first-order valence-corrected chi connectivity index (χ1v) is 7.09. The molecule has 3 N–H and O–H groups in total. The van der Waals surface area contributed by atoms with E-state index in [1.807, 2.05) is 29.7 Å². The first-order valence-electron chi connectivity index (χ1n) is 7.09. The summed E-state index contributed by atoms with van der Waals surface area (Å²) in [5.74, 6) is 5.81. The number of rotatable bonds is 5. The number of carbonyl (C=O) groups excluding carboxylic acids is 1. The van der Waals surface area contributed by atoms with Crippen LogP contribution in [-0.4, -0.2) is 30.4 Å². The summed E-state index contributed by atoms with van der Waals surface area (Å²) in [6, 6.07) is 8.90. The lowest BCUT2D eigenvalue weighted by Gasteiger charge is -2.11. The van der Waals surface area contributed by atoms with Crippen molar-refractivity contribution in [3.05, 3.63) is 36.0 Å². The van der Waals surface area contributed by atoms with Gasteiger partial charge in [0, 0.05) is 18.2 Å². The quantitative estimate of drug-likeness (QED) is 0.493. The molecular formula is C15H17N3O4. The van der Waals surface area contributed by atoms with Crippen LogP contribution in [0.1, 0.15) is 23.3 Å². The van der Waals surface area contributed by atoms with Gasteiger partial charge in [-0.15, -0.1) is 0 Å². The molecule has 3 rings (SSSR count). The third-order valence-corrected chi connectivity index (χ3v) is 3.47. The van der Waals surface area contributed by atoms with Crippen LogP contribution in [0.25, 0.3) is 11.3 Å². The molecule has 1 aliphatic heterocycles. The Morgan fingerprint density at radius 3 is 2.91 bits per heavy atom. The van der Waals surface area contributed by atoms with E-state index in [4.69, 9.17) is 19.8 Å². The molecule has 0 bridgehead atoms. The molecule has 0 saturated carbocycles. The van der Waals surface area contributed by atoms with Crippen molar-refractivity contribution in [2.24, 2.45) is 5.84 Å². The van der Waals surface area contributed by atoms with Crippen LogP contribution in [0, 0.1) is 0 Å². The molecule has 7 heteroatoms. The Bertz CT molecular complexity index is 632. The van der Waals surface area contributed by atoms with Crippen molar-refractivity contribution >= 4 is 5.91 Å². The topological polar surface area (TPSA) is 99.6 Å². The number of aromatic nitrogens is 1. The molecule has 0 aliphatic carbocycles. The maximum atomic E-state index is 11.3. The fourth-order valence-electron chi connectivity index (χ4n) is 2.27. The molecule has 22 heavy (non-hydrogen) atoms. The van der Waals surface area contributed by atoms with Crippen molar-refractivity contribution in [1.29, 1.82) is 0 Å². The zero-order valence-corrected chi connectivity index (χ0v) is 12.0. The van der Waals surface area contributed by atoms with E-state index in [1.54, 1.807) is 0 Å². The minimum Gasteiger partial charge on any atom is -0.491 e. The number of benzene rings is 1. The summed E-state index contributed by atoms with van der Waals surface area (Å²) in [6.07, 6.45) is 2.32. The molecule has 2 aromatic rings. The van der Waals surface area contributed by atoms with E-state index >= 15 is 0 Å². The summed E-state index contributed by atoms with van der Waals surface area (Å²) >= 11 is 0. The second-order valence-corrected chi connectivity index (χ2v) is 5.02. The van der Waals surface area contributed by atoms with Gasteiger partial charge in [-0.2, -0.15) is 0 Å². The van der Waals surface area contributed by atoms with Crippen LogP contribution in [0.2, 0.25) is 0 Å². The summed E-state index contributed by atoms with van der Waals surface area (Å²) < 4.78 is 16.3. The molecule has 1 atom stereocenters.